The molecule has 15 rings (SSSR count). The van der Waals surface area contributed by atoms with Crippen LogP contribution in [0.3, 0.4) is 0 Å². The molecule has 0 saturated carbocycles. The number of rotatable bonds is 27. The Hall–Kier alpha value is -6.22. The lowest BCUT2D eigenvalue weighted by molar-refractivity contribution is -0.387. The van der Waals surface area contributed by atoms with E-state index in [0.717, 1.165) is 77.2 Å². The van der Waals surface area contributed by atoms with Crippen LogP contribution in [0.2, 0.25) is 0 Å². The maximum Gasteiger partial charge on any atom is 0.226 e. The first-order chi connectivity index (χ1) is 51.3. The number of hydrogen-bond donors (Lipinski definition) is 0. The summed E-state index contributed by atoms with van der Waals surface area (Å²) >= 11 is 10.0. The van der Waals surface area contributed by atoms with E-state index in [4.69, 9.17) is 63.3 Å². The van der Waals surface area contributed by atoms with Crippen molar-refractivity contribution < 1.29 is 56.8 Å². The summed E-state index contributed by atoms with van der Waals surface area (Å²) in [7, 11) is 0. The number of fused-ring (bicyclic) bond motifs is 5. The van der Waals surface area contributed by atoms with Crippen molar-refractivity contribution in [2.24, 2.45) is 0 Å². The molecule has 2 spiro atoms. The van der Waals surface area contributed by atoms with Gasteiger partial charge in [0.15, 0.2) is 0 Å². The molecule has 10 atom stereocenters. The molecule has 2 saturated heterocycles. The van der Waals surface area contributed by atoms with Crippen LogP contribution >= 0.6 is 82.9 Å². The molecule has 4 aliphatic rings. The zero-order chi connectivity index (χ0) is 71.3. The molecule has 2 fully saturated rings. The van der Waals surface area contributed by atoms with E-state index >= 15 is 0 Å². The van der Waals surface area contributed by atoms with Crippen LogP contribution < -0.4 is 0 Å². The highest BCUT2D eigenvalue weighted by atomic mass is 128. The molecule has 1 aromatic heterocycles. The van der Waals surface area contributed by atoms with Crippen LogP contribution in [0, 0.1) is 15.9 Å². The summed E-state index contributed by atoms with van der Waals surface area (Å²) in [6.45, 7) is 4.16. The second kappa shape index (κ2) is 38.0. The SMILES string of the molecule is C#Cc1cc2c(cc1SC)CO[C@]21O[C@H](COCc2ccccc2)[C@@H](OCc2ccccc2)[C@H](OCc2ccccc2)[C@H]1OCc1ccccc1.II.Ic1csc2cc3c(cc12)[C@]1(OC3)O[C@H](COCc2ccccc2)[C@@H](OCc2ccccc2)[C@H](OCc2ccccc2)[C@H]1OCc1ccccc1. The van der Waals surface area contributed by atoms with Crippen molar-refractivity contribution >= 4 is 93.0 Å². The number of thioether (sulfide) groups is 1. The topological polar surface area (TPSA) is 111 Å². The summed E-state index contributed by atoms with van der Waals surface area (Å²) < 4.78 is 85.0. The quantitative estimate of drug-likeness (QED) is 0.0277. The molecule has 0 N–H and O–H groups in total. The smallest absolute Gasteiger partial charge is 0.226 e. The number of ether oxygens (including phenoxy) is 12. The molecule has 12 nitrogen and oxygen atoms in total. The van der Waals surface area contributed by atoms with Gasteiger partial charge < -0.3 is 56.8 Å². The molecule has 4 aliphatic heterocycles. The molecule has 0 unspecified atom stereocenters. The third-order valence-corrected chi connectivity index (χ3v) is 21.9. The normalized spacial score (nSPS) is 22.2. The van der Waals surface area contributed by atoms with Gasteiger partial charge in [-0.2, -0.15) is 0 Å². The predicted molar refractivity (Wildman–Crippen MR) is 434 cm³/mol. The van der Waals surface area contributed by atoms with Gasteiger partial charge in [-0.25, -0.2) is 0 Å². The Labute approximate surface area is 655 Å². The van der Waals surface area contributed by atoms with Gasteiger partial charge in [0.2, 0.25) is 11.6 Å². The van der Waals surface area contributed by atoms with Gasteiger partial charge >= 0.3 is 0 Å². The fraction of sp³-hybridized carbons (Fsp3) is 0.264. The first kappa shape index (κ1) is 76.0. The van der Waals surface area contributed by atoms with E-state index in [2.05, 4.69) is 162 Å². The largest absolute Gasteiger partial charge is 0.374 e. The van der Waals surface area contributed by atoms with Crippen molar-refractivity contribution in [3.05, 3.63) is 348 Å². The van der Waals surface area contributed by atoms with Crippen molar-refractivity contribution in [1.82, 2.24) is 0 Å². The fourth-order valence-electron chi connectivity index (χ4n) is 13.7. The van der Waals surface area contributed by atoms with Gasteiger partial charge in [0.25, 0.3) is 0 Å². The van der Waals surface area contributed by atoms with E-state index in [1.807, 2.05) is 182 Å². The van der Waals surface area contributed by atoms with Gasteiger partial charge in [0.05, 0.1) is 79.3 Å². The lowest BCUT2D eigenvalue weighted by Crippen LogP contribution is -2.65. The van der Waals surface area contributed by atoms with Gasteiger partial charge in [-0.05, 0) is 109 Å². The Morgan fingerprint density at radius 1 is 0.423 bits per heavy atom. The molecule has 0 aliphatic carbocycles. The zero-order valence-electron chi connectivity index (χ0n) is 57.5. The number of hydrogen-bond acceptors (Lipinski definition) is 14. The Balaban J connectivity index is 0.000000181. The second-order valence-corrected chi connectivity index (χ2v) is 28.6. The van der Waals surface area contributed by atoms with E-state index in [9.17, 15) is 0 Å². The second-order valence-electron chi connectivity index (χ2n) is 25.6. The van der Waals surface area contributed by atoms with Crippen molar-refractivity contribution in [3.63, 3.8) is 0 Å². The molecular weight excluding hydrogens is 1680 g/mol. The predicted octanol–water partition coefficient (Wildman–Crippen LogP) is 19.8. The summed E-state index contributed by atoms with van der Waals surface area (Å²) in [5.74, 6) is 0.275. The average molecular weight is 1760 g/mol. The fourth-order valence-corrected chi connectivity index (χ4v) is 16.2. The van der Waals surface area contributed by atoms with Gasteiger partial charge in [0.1, 0.15) is 48.8 Å². The van der Waals surface area contributed by atoms with Gasteiger partial charge in [-0.15, -0.1) is 29.5 Å². The van der Waals surface area contributed by atoms with E-state index in [-0.39, 0.29) is 13.2 Å². The monoisotopic (exact) mass is 1760 g/mol. The molecular formula is C87H81I3O12S2. The van der Waals surface area contributed by atoms with Crippen LogP contribution in [0.15, 0.2) is 277 Å². The first-order valence-corrected chi connectivity index (χ1v) is 44.1. The van der Waals surface area contributed by atoms with E-state index in [1.165, 1.54) is 13.7 Å². The summed E-state index contributed by atoms with van der Waals surface area (Å²) in [6, 6.07) is 89.9. The summed E-state index contributed by atoms with van der Waals surface area (Å²) in [5.41, 5.74) is 13.1. The lowest BCUT2D eigenvalue weighted by atomic mass is 9.86. The lowest BCUT2D eigenvalue weighted by Gasteiger charge is -2.51. The van der Waals surface area contributed by atoms with Crippen LogP contribution in [0.4, 0.5) is 0 Å². The molecule has 534 valence electrons. The van der Waals surface area contributed by atoms with Crippen molar-refractivity contribution in [2.75, 3.05) is 19.5 Å². The molecule has 11 aromatic rings. The van der Waals surface area contributed by atoms with Crippen LogP contribution in [-0.2, 0) is 134 Å². The standard InChI is InChI=1S/C44H42O6S.C43H39IO6S.I2/c1-3-36-24-38-37(25-40(36)51-2)30-49-44(38)43(48-29-35-22-14-7-15-23-35)42(47-28-34-20-12-6-13-21-34)41(46-27-33-18-10-5-11-19-33)39(50-44)31-45-26-32-16-8-4-9-17-32;44-37-29-51-39-21-34-27-49-43(36(34)22-35(37)39)42(48-26-33-19-11-4-12-20-33)41(47-25-32-17-9-3-10-18-32)40(46-24-31-15-7-2-8-16-31)38(50-43)28-45-23-30-13-5-1-6-14-30;1-2/h1,4-25,39,41-43H,26-31H2,2H3;1-22,29,38,40-42H,23-28H2;/t39-,41-,42+,43-,44+;38-,40-,41+,42-,43+;/m11./s1. The minimum absolute atomic E-state index is 0.232. The number of thiophene rings is 1. The molecule has 0 bridgehead atoms. The van der Waals surface area contributed by atoms with E-state index in [0.29, 0.717) is 66.1 Å². The Bertz CT molecular complexity index is 4480. The molecule has 104 heavy (non-hydrogen) atoms. The molecule has 0 amide bonds. The van der Waals surface area contributed by atoms with Crippen LogP contribution in [0.1, 0.15) is 72.3 Å². The van der Waals surface area contributed by atoms with Crippen LogP contribution in [0.5, 0.6) is 0 Å². The Kier molecular flexibility index (Phi) is 27.8. The van der Waals surface area contributed by atoms with Gasteiger partial charge in [-0.3, -0.25) is 0 Å². The molecule has 17 heteroatoms. The van der Waals surface area contributed by atoms with Gasteiger partial charge in [-0.1, -0.05) is 249 Å². The molecule has 0 radical (unpaired) electrons. The third kappa shape index (κ3) is 18.7. The van der Waals surface area contributed by atoms with Crippen LogP contribution in [0.25, 0.3) is 10.1 Å². The maximum atomic E-state index is 7.27. The highest BCUT2D eigenvalue weighted by Crippen LogP contribution is 2.53. The number of halogens is 3. The highest BCUT2D eigenvalue weighted by molar-refractivity contribution is 15.0. The number of terminal acetylenes is 1. The van der Waals surface area contributed by atoms with Crippen molar-refractivity contribution in [1.29, 1.82) is 0 Å². The minimum atomic E-state index is -1.35. The average Bonchev–Trinajstić information content (AvgIpc) is 1.53. The summed E-state index contributed by atoms with van der Waals surface area (Å²) in [5, 5.41) is 3.37. The summed E-state index contributed by atoms with van der Waals surface area (Å²) in [4.78, 5) is 1.01. The zero-order valence-corrected chi connectivity index (χ0v) is 65.6. The van der Waals surface area contributed by atoms with Gasteiger partial charge in [0, 0.05) is 77.9 Å². The number of benzene rings is 10. The van der Waals surface area contributed by atoms with E-state index in [1.54, 1.807) is 23.1 Å². The Morgan fingerprint density at radius 2 is 0.740 bits per heavy atom. The van der Waals surface area contributed by atoms with Crippen LogP contribution in [-0.4, -0.2) is 68.3 Å². The molecule has 10 aromatic carbocycles. The Morgan fingerprint density at radius 3 is 1.09 bits per heavy atom. The molecule has 5 heterocycles. The maximum absolute atomic E-state index is 7.27. The van der Waals surface area contributed by atoms with Crippen molar-refractivity contribution in [3.8, 4) is 12.3 Å². The summed E-state index contributed by atoms with van der Waals surface area (Å²) in [6.07, 6.45) is 3.21. The minimum Gasteiger partial charge on any atom is -0.374 e. The van der Waals surface area contributed by atoms with E-state index < -0.39 is 60.4 Å². The first-order valence-electron chi connectivity index (χ1n) is 34.7. The third-order valence-electron chi connectivity index (χ3n) is 18.8. The van der Waals surface area contributed by atoms with Crippen molar-refractivity contribution in [2.45, 2.75) is 131 Å². The highest BCUT2D eigenvalue weighted by Gasteiger charge is 2.63.